The molecule has 2 aromatic rings. The average Bonchev–Trinajstić information content (AvgIpc) is 2.73. The zero-order valence-corrected chi connectivity index (χ0v) is 12.5. The summed E-state index contributed by atoms with van der Waals surface area (Å²) in [4.78, 5) is 4.31. The summed E-state index contributed by atoms with van der Waals surface area (Å²) in [6.07, 6.45) is 6.01. The van der Waals surface area contributed by atoms with E-state index in [1.165, 1.54) is 30.4 Å². The highest BCUT2D eigenvalue weighted by Gasteiger charge is 2.13. The fraction of sp³-hybridized carbons (Fsp3) is 0.294. The van der Waals surface area contributed by atoms with Crippen molar-refractivity contribution in [2.45, 2.75) is 32.1 Å². The Morgan fingerprint density at radius 2 is 1.91 bits per heavy atom. The largest absolute Gasteiger partial charge is 0.384 e. The maximum absolute atomic E-state index is 7.45. The molecule has 114 valence electrons. The van der Waals surface area contributed by atoms with Crippen LogP contribution < -0.4 is 16.8 Å². The maximum atomic E-state index is 7.45. The van der Waals surface area contributed by atoms with Crippen molar-refractivity contribution in [2.24, 2.45) is 5.73 Å². The van der Waals surface area contributed by atoms with Crippen LogP contribution >= 0.6 is 0 Å². The van der Waals surface area contributed by atoms with Crippen LogP contribution in [0.25, 0.3) is 0 Å². The number of nitrogen functional groups attached to an aromatic ring is 2. The molecule has 6 N–H and O–H groups in total. The van der Waals surface area contributed by atoms with Gasteiger partial charge in [-0.3, -0.25) is 5.41 Å². The molecule has 0 unspecified atom stereocenters. The zero-order chi connectivity index (χ0) is 15.5. The highest BCUT2D eigenvalue weighted by atomic mass is 15.0. The van der Waals surface area contributed by atoms with Crippen molar-refractivity contribution < 1.29 is 0 Å². The van der Waals surface area contributed by atoms with Gasteiger partial charge in [-0.05, 0) is 55.0 Å². The predicted octanol–water partition coefficient (Wildman–Crippen LogP) is 2.96. The molecule has 0 atom stereocenters. The van der Waals surface area contributed by atoms with Gasteiger partial charge >= 0.3 is 0 Å². The van der Waals surface area contributed by atoms with Crippen LogP contribution in [0.5, 0.6) is 0 Å². The molecular formula is C17H21N5. The van der Waals surface area contributed by atoms with Gasteiger partial charge in [0.05, 0.1) is 5.56 Å². The van der Waals surface area contributed by atoms with Crippen LogP contribution in [0.2, 0.25) is 0 Å². The molecule has 1 heterocycles. The number of nitrogens with two attached hydrogens (primary N) is 2. The second-order valence-corrected chi connectivity index (χ2v) is 5.67. The quantitative estimate of drug-likeness (QED) is 0.397. The Labute approximate surface area is 130 Å². The molecule has 0 saturated carbocycles. The van der Waals surface area contributed by atoms with Gasteiger partial charge in [-0.25, -0.2) is 4.98 Å². The van der Waals surface area contributed by atoms with Gasteiger partial charge in [0.1, 0.15) is 17.5 Å². The van der Waals surface area contributed by atoms with Crippen LogP contribution in [0, 0.1) is 5.41 Å². The van der Waals surface area contributed by atoms with Crippen LogP contribution in [-0.2, 0) is 12.8 Å². The van der Waals surface area contributed by atoms with Crippen LogP contribution in [0.3, 0.4) is 0 Å². The lowest BCUT2D eigenvalue weighted by Gasteiger charge is -2.14. The first-order valence-electron chi connectivity index (χ1n) is 7.64. The predicted molar refractivity (Wildman–Crippen MR) is 90.6 cm³/mol. The Morgan fingerprint density at radius 3 is 2.68 bits per heavy atom. The molecule has 0 aliphatic heterocycles. The van der Waals surface area contributed by atoms with E-state index >= 15 is 0 Å². The van der Waals surface area contributed by atoms with Crippen molar-refractivity contribution in [3.05, 3.63) is 47.0 Å². The lowest BCUT2D eigenvalue weighted by molar-refractivity contribution is 0.712. The van der Waals surface area contributed by atoms with E-state index in [2.05, 4.69) is 28.5 Å². The summed E-state index contributed by atoms with van der Waals surface area (Å²) in [5.41, 5.74) is 15.7. The molecule has 0 amide bonds. The van der Waals surface area contributed by atoms with E-state index in [-0.39, 0.29) is 11.7 Å². The first kappa shape index (κ1) is 14.4. The molecule has 0 bridgehead atoms. The van der Waals surface area contributed by atoms with Gasteiger partial charge in [-0.2, -0.15) is 0 Å². The van der Waals surface area contributed by atoms with E-state index < -0.39 is 0 Å². The standard InChI is InChI=1S/C17H21N5/c18-16(19)13-9-10-15(22-17(13)20)21-14-8-4-6-11-5-2-1-3-7-12(11)14/h4,6,8-10H,1-3,5,7H2,(H3,18,19)(H3,20,21,22). The summed E-state index contributed by atoms with van der Waals surface area (Å²) >= 11 is 0. The molecule has 0 saturated heterocycles. The number of amidine groups is 1. The molecule has 1 aromatic carbocycles. The molecule has 1 aromatic heterocycles. The van der Waals surface area contributed by atoms with Gasteiger partial charge in [-0.1, -0.05) is 18.6 Å². The van der Waals surface area contributed by atoms with Crippen molar-refractivity contribution in [3.63, 3.8) is 0 Å². The Kier molecular flexibility index (Phi) is 3.96. The molecule has 3 rings (SSSR count). The molecule has 0 spiro atoms. The number of aromatic nitrogens is 1. The van der Waals surface area contributed by atoms with Crippen molar-refractivity contribution in [3.8, 4) is 0 Å². The third-order valence-electron chi connectivity index (χ3n) is 4.12. The number of aryl methyl sites for hydroxylation is 1. The Balaban J connectivity index is 1.90. The first-order chi connectivity index (χ1) is 10.6. The summed E-state index contributed by atoms with van der Waals surface area (Å²) in [5.74, 6) is 0.893. The van der Waals surface area contributed by atoms with Gasteiger partial charge < -0.3 is 16.8 Å². The Morgan fingerprint density at radius 1 is 1.09 bits per heavy atom. The van der Waals surface area contributed by atoms with E-state index in [1.807, 2.05) is 6.07 Å². The normalized spacial score (nSPS) is 14.0. The van der Waals surface area contributed by atoms with Crippen molar-refractivity contribution in [1.82, 2.24) is 4.98 Å². The number of anilines is 3. The summed E-state index contributed by atoms with van der Waals surface area (Å²) in [7, 11) is 0. The number of hydrogen-bond acceptors (Lipinski definition) is 4. The van der Waals surface area contributed by atoms with Crippen molar-refractivity contribution in [1.29, 1.82) is 5.41 Å². The number of pyridine rings is 1. The van der Waals surface area contributed by atoms with Crippen LogP contribution in [0.1, 0.15) is 36.0 Å². The number of benzene rings is 1. The van der Waals surface area contributed by atoms with Gasteiger partial charge in [-0.15, -0.1) is 0 Å². The number of fused-ring (bicyclic) bond motifs is 1. The van der Waals surface area contributed by atoms with Crippen molar-refractivity contribution in [2.75, 3.05) is 11.1 Å². The summed E-state index contributed by atoms with van der Waals surface area (Å²) in [6.45, 7) is 0. The molecule has 1 aliphatic carbocycles. The van der Waals surface area contributed by atoms with Gasteiger partial charge in [0.2, 0.25) is 0 Å². The van der Waals surface area contributed by atoms with E-state index in [4.69, 9.17) is 16.9 Å². The Hall–Kier alpha value is -2.56. The zero-order valence-electron chi connectivity index (χ0n) is 12.5. The van der Waals surface area contributed by atoms with E-state index in [9.17, 15) is 0 Å². The average molecular weight is 295 g/mol. The lowest BCUT2D eigenvalue weighted by atomic mass is 10.0. The number of nitrogens with zero attached hydrogens (tertiary/aromatic N) is 1. The minimum Gasteiger partial charge on any atom is -0.384 e. The van der Waals surface area contributed by atoms with E-state index in [0.29, 0.717) is 11.4 Å². The number of rotatable bonds is 3. The SMILES string of the molecule is N=C(N)c1ccc(Nc2cccc3c2CCCCC3)nc1N. The number of hydrogen-bond donors (Lipinski definition) is 4. The third kappa shape index (κ3) is 2.88. The second-order valence-electron chi connectivity index (χ2n) is 5.67. The second kappa shape index (κ2) is 6.05. The molecular weight excluding hydrogens is 274 g/mol. The van der Waals surface area contributed by atoms with Crippen LogP contribution in [0.4, 0.5) is 17.3 Å². The van der Waals surface area contributed by atoms with Gasteiger partial charge in [0.15, 0.2) is 0 Å². The van der Waals surface area contributed by atoms with Crippen LogP contribution in [-0.4, -0.2) is 10.8 Å². The summed E-state index contributed by atoms with van der Waals surface area (Å²) < 4.78 is 0. The van der Waals surface area contributed by atoms with Gasteiger partial charge in [0, 0.05) is 5.69 Å². The van der Waals surface area contributed by atoms with Crippen LogP contribution in [0.15, 0.2) is 30.3 Å². The molecule has 5 heteroatoms. The van der Waals surface area contributed by atoms with Gasteiger partial charge in [0.25, 0.3) is 0 Å². The third-order valence-corrected chi connectivity index (χ3v) is 4.12. The lowest BCUT2D eigenvalue weighted by Crippen LogP contribution is -2.15. The highest BCUT2D eigenvalue weighted by Crippen LogP contribution is 2.29. The Bertz CT molecular complexity index is 708. The molecule has 22 heavy (non-hydrogen) atoms. The van der Waals surface area contributed by atoms with Crippen molar-refractivity contribution >= 4 is 23.2 Å². The monoisotopic (exact) mass is 295 g/mol. The minimum absolute atomic E-state index is 0.0647. The first-order valence-corrected chi connectivity index (χ1v) is 7.64. The maximum Gasteiger partial charge on any atom is 0.136 e. The summed E-state index contributed by atoms with van der Waals surface area (Å²) in [5, 5.41) is 10.8. The highest BCUT2D eigenvalue weighted by molar-refractivity contribution is 5.99. The fourth-order valence-electron chi connectivity index (χ4n) is 2.99. The fourth-order valence-corrected chi connectivity index (χ4v) is 2.99. The molecule has 0 fully saturated rings. The molecule has 5 nitrogen and oxygen atoms in total. The minimum atomic E-state index is -0.0647. The molecule has 0 radical (unpaired) electrons. The van der Waals surface area contributed by atoms with E-state index in [1.54, 1.807) is 6.07 Å². The number of nitrogens with one attached hydrogen (secondary N) is 2. The molecule has 1 aliphatic rings. The topological polar surface area (TPSA) is 101 Å². The van der Waals surface area contributed by atoms with E-state index in [0.717, 1.165) is 18.5 Å². The smallest absolute Gasteiger partial charge is 0.136 e. The summed E-state index contributed by atoms with van der Waals surface area (Å²) in [6, 6.07) is 9.92.